The summed E-state index contributed by atoms with van der Waals surface area (Å²) < 4.78 is 0. The van der Waals surface area contributed by atoms with Crippen molar-refractivity contribution in [2.75, 3.05) is 0 Å². The molecule has 0 aliphatic carbocycles. The Morgan fingerprint density at radius 2 is 0.446 bits per heavy atom. The Hall–Kier alpha value is -6.58. The lowest BCUT2D eigenvalue weighted by Crippen LogP contribution is -2.24. The summed E-state index contributed by atoms with van der Waals surface area (Å²) in [5.41, 5.74) is 9.72. The molecule has 266 valence electrons. The van der Waals surface area contributed by atoms with Crippen molar-refractivity contribution in [3.63, 3.8) is 0 Å². The van der Waals surface area contributed by atoms with E-state index in [1.807, 2.05) is 36.4 Å². The molecular weight excluding hydrogens is 718 g/mol. The number of rotatable bonds is 9. The standard InChI is InChI=1S/C51H36N3PS/c56-55(46-17-9-3-10-18-46,47-19-11-4-12-20-47)48-35-33-42(34-36-48)40-23-21-39(22-24-40)41-27-31-45(32-28-41)51-53-49(43-15-7-2-8-16-43)52-50(54-51)44-29-25-38(26-30-44)37-13-5-1-6-14-37/h1-36H. The lowest BCUT2D eigenvalue weighted by molar-refractivity contribution is 1.07. The average molecular weight is 754 g/mol. The first-order valence-electron chi connectivity index (χ1n) is 18.6. The molecule has 0 unspecified atom stereocenters. The van der Waals surface area contributed by atoms with Crippen molar-refractivity contribution in [3.05, 3.63) is 218 Å². The molecular formula is C51H36N3PS. The third-order valence-electron chi connectivity index (χ3n) is 10.1. The van der Waals surface area contributed by atoms with E-state index in [1.165, 1.54) is 21.5 Å². The zero-order valence-electron chi connectivity index (χ0n) is 30.5. The molecule has 0 amide bonds. The lowest BCUT2D eigenvalue weighted by Gasteiger charge is -2.24. The molecule has 8 aromatic carbocycles. The zero-order chi connectivity index (χ0) is 37.7. The molecule has 3 nitrogen and oxygen atoms in total. The van der Waals surface area contributed by atoms with Crippen LogP contribution in [-0.4, -0.2) is 15.0 Å². The highest BCUT2D eigenvalue weighted by atomic mass is 32.4. The van der Waals surface area contributed by atoms with Crippen molar-refractivity contribution in [2.24, 2.45) is 0 Å². The second-order valence-corrected chi connectivity index (χ2v) is 18.0. The van der Waals surface area contributed by atoms with Gasteiger partial charge in [-0.2, -0.15) is 0 Å². The van der Waals surface area contributed by atoms with Crippen LogP contribution >= 0.6 is 6.04 Å². The molecule has 1 aromatic heterocycles. The Morgan fingerprint density at radius 1 is 0.232 bits per heavy atom. The maximum absolute atomic E-state index is 6.55. The number of nitrogens with zero attached hydrogens (tertiary/aromatic N) is 3. The molecule has 0 saturated carbocycles. The van der Waals surface area contributed by atoms with Crippen LogP contribution in [0.4, 0.5) is 0 Å². The van der Waals surface area contributed by atoms with E-state index < -0.39 is 6.04 Å². The first kappa shape index (κ1) is 35.1. The summed E-state index contributed by atoms with van der Waals surface area (Å²) in [6.45, 7) is 0. The van der Waals surface area contributed by atoms with E-state index >= 15 is 0 Å². The Balaban J connectivity index is 0.977. The molecule has 0 radical (unpaired) electrons. The summed E-state index contributed by atoms with van der Waals surface area (Å²) in [4.78, 5) is 14.8. The lowest BCUT2D eigenvalue weighted by atomic mass is 9.99. The molecule has 0 aliphatic heterocycles. The Kier molecular flexibility index (Phi) is 9.82. The molecule has 0 saturated heterocycles. The van der Waals surface area contributed by atoms with Gasteiger partial charge in [-0.1, -0.05) is 230 Å². The van der Waals surface area contributed by atoms with Crippen LogP contribution in [0.25, 0.3) is 67.5 Å². The number of hydrogen-bond acceptors (Lipinski definition) is 4. The van der Waals surface area contributed by atoms with Gasteiger partial charge in [-0.05, 0) is 49.3 Å². The van der Waals surface area contributed by atoms with Crippen LogP contribution < -0.4 is 15.9 Å². The van der Waals surface area contributed by atoms with E-state index in [-0.39, 0.29) is 0 Å². The summed E-state index contributed by atoms with van der Waals surface area (Å²) in [7, 11) is 0. The molecule has 0 N–H and O–H groups in total. The van der Waals surface area contributed by atoms with Gasteiger partial charge in [0.25, 0.3) is 0 Å². The SMILES string of the molecule is S=P(c1ccccc1)(c1ccccc1)c1ccc(-c2ccc(-c3ccc(-c4nc(-c5ccccc5)nc(-c5ccc(-c6ccccc6)cc5)n4)cc3)cc2)cc1. The second-order valence-electron chi connectivity index (χ2n) is 13.6. The van der Waals surface area contributed by atoms with Crippen molar-refractivity contribution in [2.45, 2.75) is 0 Å². The van der Waals surface area contributed by atoms with Crippen molar-refractivity contribution in [1.29, 1.82) is 0 Å². The first-order valence-corrected chi connectivity index (χ1v) is 21.4. The molecule has 0 fully saturated rings. The molecule has 0 atom stereocenters. The third-order valence-corrected chi connectivity index (χ3v) is 15.1. The third kappa shape index (κ3) is 7.17. The topological polar surface area (TPSA) is 38.7 Å². The van der Waals surface area contributed by atoms with Gasteiger partial charge in [0.15, 0.2) is 17.5 Å². The van der Waals surface area contributed by atoms with Gasteiger partial charge in [0, 0.05) is 22.7 Å². The molecule has 0 bridgehead atoms. The number of hydrogen-bond donors (Lipinski definition) is 0. The van der Waals surface area contributed by atoms with E-state index in [2.05, 4.69) is 182 Å². The Bertz CT molecular complexity index is 2710. The molecule has 1 heterocycles. The van der Waals surface area contributed by atoms with Crippen LogP contribution in [0.3, 0.4) is 0 Å². The molecule has 56 heavy (non-hydrogen) atoms. The maximum atomic E-state index is 6.55. The van der Waals surface area contributed by atoms with Crippen molar-refractivity contribution >= 4 is 33.8 Å². The van der Waals surface area contributed by atoms with Gasteiger partial charge in [-0.3, -0.25) is 0 Å². The molecule has 0 spiro atoms. The summed E-state index contributed by atoms with van der Waals surface area (Å²) in [5, 5.41) is 3.59. The van der Waals surface area contributed by atoms with Crippen LogP contribution in [0, 0.1) is 0 Å². The fourth-order valence-corrected chi connectivity index (χ4v) is 10.8. The van der Waals surface area contributed by atoms with Crippen molar-refractivity contribution < 1.29 is 0 Å². The smallest absolute Gasteiger partial charge is 0.164 e. The summed E-state index contributed by atoms with van der Waals surface area (Å²) in [6, 6.07) is 73.9. The van der Waals surface area contributed by atoms with Gasteiger partial charge in [-0.15, -0.1) is 0 Å². The molecule has 9 aromatic rings. The van der Waals surface area contributed by atoms with Gasteiger partial charge in [0.2, 0.25) is 0 Å². The van der Waals surface area contributed by atoms with Crippen molar-refractivity contribution in [3.8, 4) is 67.5 Å². The second kappa shape index (κ2) is 15.6. The largest absolute Gasteiger partial charge is 0.208 e. The zero-order valence-corrected chi connectivity index (χ0v) is 32.2. The number of aromatic nitrogens is 3. The van der Waals surface area contributed by atoms with E-state index in [0.717, 1.165) is 44.5 Å². The van der Waals surface area contributed by atoms with Crippen LogP contribution in [0.15, 0.2) is 218 Å². The van der Waals surface area contributed by atoms with Gasteiger partial charge < -0.3 is 0 Å². The highest BCUT2D eigenvalue weighted by Gasteiger charge is 2.24. The maximum Gasteiger partial charge on any atom is 0.164 e. The van der Waals surface area contributed by atoms with Gasteiger partial charge in [0.1, 0.15) is 0 Å². The minimum atomic E-state index is -2.19. The van der Waals surface area contributed by atoms with Crippen LogP contribution in [-0.2, 0) is 11.8 Å². The predicted octanol–water partition coefficient (Wildman–Crippen LogP) is 11.6. The monoisotopic (exact) mass is 753 g/mol. The van der Waals surface area contributed by atoms with Crippen LogP contribution in [0.2, 0.25) is 0 Å². The molecule has 5 heteroatoms. The summed E-state index contributed by atoms with van der Waals surface area (Å²) in [5.74, 6) is 1.92. The number of benzene rings is 8. The normalized spacial score (nSPS) is 11.3. The van der Waals surface area contributed by atoms with Gasteiger partial charge >= 0.3 is 0 Å². The molecule has 0 aliphatic rings. The minimum Gasteiger partial charge on any atom is -0.208 e. The fourth-order valence-electron chi connectivity index (χ4n) is 7.05. The Labute approximate surface area is 333 Å². The van der Waals surface area contributed by atoms with Crippen LogP contribution in [0.1, 0.15) is 0 Å². The highest BCUT2D eigenvalue weighted by Crippen LogP contribution is 2.43. The van der Waals surface area contributed by atoms with Gasteiger partial charge in [0.05, 0.1) is 0 Å². The van der Waals surface area contributed by atoms with E-state index in [9.17, 15) is 0 Å². The van der Waals surface area contributed by atoms with Crippen molar-refractivity contribution in [1.82, 2.24) is 15.0 Å². The minimum absolute atomic E-state index is 0.636. The molecule has 9 rings (SSSR count). The van der Waals surface area contributed by atoms with E-state index in [0.29, 0.717) is 17.5 Å². The average Bonchev–Trinajstić information content (AvgIpc) is 3.30. The highest BCUT2D eigenvalue weighted by molar-refractivity contribution is 8.25. The quantitative estimate of drug-likeness (QED) is 0.138. The predicted molar refractivity (Wildman–Crippen MR) is 239 cm³/mol. The van der Waals surface area contributed by atoms with Gasteiger partial charge in [-0.25, -0.2) is 15.0 Å². The Morgan fingerprint density at radius 3 is 0.786 bits per heavy atom. The van der Waals surface area contributed by atoms with E-state index in [4.69, 9.17) is 26.8 Å². The summed E-state index contributed by atoms with van der Waals surface area (Å²) >= 11 is 6.55. The first-order chi connectivity index (χ1) is 27.6. The van der Waals surface area contributed by atoms with Crippen LogP contribution in [0.5, 0.6) is 0 Å². The fraction of sp³-hybridized carbons (Fsp3) is 0. The van der Waals surface area contributed by atoms with E-state index in [1.54, 1.807) is 0 Å². The summed E-state index contributed by atoms with van der Waals surface area (Å²) in [6.07, 6.45) is 0.